The molecule has 0 radical (unpaired) electrons. The number of aliphatic carboxylic acids is 4. The molecule has 0 saturated carbocycles. The van der Waals surface area contributed by atoms with Gasteiger partial charge in [-0.1, -0.05) is 0 Å². The maximum absolute atomic E-state index is 12.8. The monoisotopic (exact) mass is 532 g/mol. The Morgan fingerprint density at radius 3 is 0.824 bits per heavy atom. The van der Waals surface area contributed by atoms with Gasteiger partial charge in [0, 0.05) is 26.2 Å². The van der Waals surface area contributed by atoms with Crippen LogP contribution in [0.15, 0.2) is 0 Å². The molecule has 1 aliphatic rings. The van der Waals surface area contributed by atoms with Crippen LogP contribution in [0.3, 0.4) is 0 Å². The number of carboxylic acids is 4. The van der Waals surface area contributed by atoms with Gasteiger partial charge in [-0.15, -0.1) is 0 Å². The van der Waals surface area contributed by atoms with Crippen molar-refractivity contribution >= 4 is 38.6 Å². The highest BCUT2D eigenvalue weighted by atomic mass is 31.2. The Bertz CT molecular complexity index is 728. The number of carbonyl (C=O) groups is 4. The van der Waals surface area contributed by atoms with Crippen molar-refractivity contribution in [2.45, 2.75) is 0 Å². The zero-order valence-electron chi connectivity index (χ0n) is 18.3. The molecular weight excluding hydrogens is 502 g/mol. The molecule has 0 amide bonds. The summed E-state index contributed by atoms with van der Waals surface area (Å²) < 4.78 is 25.6. The Hall–Kier alpha value is -1.90. The van der Waals surface area contributed by atoms with Crippen molar-refractivity contribution < 1.29 is 58.5 Å². The summed E-state index contributed by atoms with van der Waals surface area (Å²) in [4.78, 5) is 70.0. The number of carboxylic acid groups (broad SMARTS) is 4. The lowest BCUT2D eigenvalue weighted by atomic mass is 10.4. The van der Waals surface area contributed by atoms with Gasteiger partial charge in [0.25, 0.3) is 0 Å². The molecule has 0 bridgehead atoms. The lowest BCUT2D eigenvalue weighted by Crippen LogP contribution is -2.44. The van der Waals surface area contributed by atoms with E-state index >= 15 is 0 Å². The van der Waals surface area contributed by atoms with Crippen molar-refractivity contribution in [2.75, 3.05) is 77.5 Å². The van der Waals surface area contributed by atoms with Crippen LogP contribution in [0.5, 0.6) is 0 Å². The highest BCUT2D eigenvalue weighted by Crippen LogP contribution is 2.43. The molecule has 16 nitrogen and oxygen atoms in total. The Kier molecular flexibility index (Phi) is 11.7. The SMILES string of the molecule is O=C(O)CN1CCN(CC(=O)O)CP(=O)(O)CN(CC(=O)O)CCN(CC(=O)O)CP(=O)(O)C1. The zero-order valence-corrected chi connectivity index (χ0v) is 20.1. The van der Waals surface area contributed by atoms with E-state index in [9.17, 15) is 38.1 Å². The first kappa shape index (κ1) is 30.1. The van der Waals surface area contributed by atoms with E-state index in [-0.39, 0.29) is 26.2 Å². The highest BCUT2D eigenvalue weighted by Gasteiger charge is 2.32. The smallest absolute Gasteiger partial charge is 0.317 e. The van der Waals surface area contributed by atoms with Gasteiger partial charge in [-0.05, 0) is 0 Å². The first-order valence-electron chi connectivity index (χ1n) is 9.95. The van der Waals surface area contributed by atoms with Crippen LogP contribution in [0, 0.1) is 0 Å². The van der Waals surface area contributed by atoms with Crippen molar-refractivity contribution in [2.24, 2.45) is 0 Å². The predicted molar refractivity (Wildman–Crippen MR) is 116 cm³/mol. The second-order valence-electron chi connectivity index (χ2n) is 8.04. The van der Waals surface area contributed by atoms with Gasteiger partial charge in [-0.2, -0.15) is 0 Å². The molecule has 1 fully saturated rings. The van der Waals surface area contributed by atoms with Gasteiger partial charge in [0.15, 0.2) is 0 Å². The van der Waals surface area contributed by atoms with Crippen LogP contribution in [-0.4, -0.2) is 151 Å². The van der Waals surface area contributed by atoms with Crippen molar-refractivity contribution in [1.82, 2.24) is 19.6 Å². The maximum Gasteiger partial charge on any atom is 0.317 e. The average Bonchev–Trinajstić information content (AvgIpc) is 2.60. The van der Waals surface area contributed by atoms with Gasteiger partial charge >= 0.3 is 23.9 Å². The molecule has 1 heterocycles. The standard InChI is InChI=1S/C16H30N4O12P2/c21-13(22)5-17-1-2-18(6-14(23)24)10-34(31,32)12-20(8-16(27)28)4-3-19(7-15(25)26)11-33(29,30)9-17/h1-12H2,(H,21,22)(H,23,24)(H,25,26)(H,27,28)(H,29,30)(H,31,32). The lowest BCUT2D eigenvalue weighted by molar-refractivity contribution is -0.140. The topological polar surface area (TPSA) is 237 Å². The second-order valence-corrected chi connectivity index (χ2v) is 12.6. The van der Waals surface area contributed by atoms with Crippen molar-refractivity contribution in [1.29, 1.82) is 0 Å². The van der Waals surface area contributed by atoms with Crippen LogP contribution >= 0.6 is 14.7 Å². The van der Waals surface area contributed by atoms with E-state index in [2.05, 4.69) is 0 Å². The second kappa shape index (κ2) is 13.3. The van der Waals surface area contributed by atoms with Crippen LogP contribution in [0.1, 0.15) is 0 Å². The molecule has 0 unspecified atom stereocenters. The quantitative estimate of drug-likeness (QED) is 0.184. The van der Waals surface area contributed by atoms with Crippen LogP contribution in [0.25, 0.3) is 0 Å². The van der Waals surface area contributed by atoms with Gasteiger partial charge in [0.1, 0.15) is 0 Å². The minimum absolute atomic E-state index is 0.234. The average molecular weight is 532 g/mol. The van der Waals surface area contributed by atoms with Crippen molar-refractivity contribution in [3.05, 3.63) is 0 Å². The summed E-state index contributed by atoms with van der Waals surface area (Å²) in [7, 11) is -8.31. The third kappa shape index (κ3) is 13.1. The summed E-state index contributed by atoms with van der Waals surface area (Å²) in [6.45, 7) is -3.63. The maximum atomic E-state index is 12.8. The molecule has 0 aromatic carbocycles. The van der Waals surface area contributed by atoms with E-state index in [1.165, 1.54) is 0 Å². The molecule has 0 aliphatic carbocycles. The fraction of sp³-hybridized carbons (Fsp3) is 0.750. The van der Waals surface area contributed by atoms with Crippen LogP contribution in [0.4, 0.5) is 0 Å². The predicted octanol–water partition coefficient (Wildman–Crippen LogP) is -2.08. The molecule has 0 aromatic rings. The van der Waals surface area contributed by atoms with Crippen molar-refractivity contribution in [3.63, 3.8) is 0 Å². The molecule has 1 aliphatic heterocycles. The third-order valence-electron chi connectivity index (χ3n) is 4.58. The highest BCUT2D eigenvalue weighted by molar-refractivity contribution is 7.58. The van der Waals surface area contributed by atoms with E-state index in [1.807, 2.05) is 0 Å². The molecule has 1 rings (SSSR count). The normalized spacial score (nSPS) is 27.6. The van der Waals surface area contributed by atoms with Gasteiger partial charge in [-0.3, -0.25) is 47.9 Å². The zero-order chi connectivity index (χ0) is 26.1. The summed E-state index contributed by atoms with van der Waals surface area (Å²) in [5.74, 6) is -5.31. The van der Waals surface area contributed by atoms with Crippen LogP contribution in [0.2, 0.25) is 0 Å². The fourth-order valence-corrected chi connectivity index (χ4v) is 7.11. The largest absolute Gasteiger partial charge is 0.480 e. The number of nitrogens with zero attached hydrogens (tertiary/aromatic N) is 4. The molecule has 0 aromatic heterocycles. The summed E-state index contributed by atoms with van der Waals surface area (Å²) in [5.41, 5.74) is 0. The molecule has 1 saturated heterocycles. The summed E-state index contributed by atoms with van der Waals surface area (Å²) in [6, 6.07) is 0. The fourth-order valence-electron chi connectivity index (χ4n) is 3.47. The Morgan fingerprint density at radius 2 is 0.676 bits per heavy atom. The molecule has 18 heteroatoms. The number of hydrogen-bond acceptors (Lipinski definition) is 10. The third-order valence-corrected chi connectivity index (χ3v) is 7.95. The Balaban J connectivity index is 3.30. The van der Waals surface area contributed by atoms with Gasteiger partial charge in [0.2, 0.25) is 14.7 Å². The molecular formula is C16H30N4O12P2. The minimum atomic E-state index is -4.16. The molecule has 0 atom stereocenters. The van der Waals surface area contributed by atoms with Crippen molar-refractivity contribution in [3.8, 4) is 0 Å². The molecule has 34 heavy (non-hydrogen) atoms. The number of rotatable bonds is 8. The van der Waals surface area contributed by atoms with E-state index in [4.69, 9.17) is 20.4 Å². The Morgan fingerprint density at radius 1 is 0.500 bits per heavy atom. The Labute approximate surface area is 194 Å². The lowest BCUT2D eigenvalue weighted by Gasteiger charge is -2.33. The van der Waals surface area contributed by atoms with Crippen LogP contribution in [-0.2, 0) is 28.3 Å². The van der Waals surface area contributed by atoms with Crippen LogP contribution < -0.4 is 0 Å². The van der Waals surface area contributed by atoms with Gasteiger partial charge in [-0.25, -0.2) is 0 Å². The van der Waals surface area contributed by atoms with E-state index in [1.54, 1.807) is 0 Å². The minimum Gasteiger partial charge on any atom is -0.480 e. The molecule has 0 spiro atoms. The number of hydrogen-bond donors (Lipinski definition) is 6. The summed E-state index contributed by atoms with van der Waals surface area (Å²) >= 11 is 0. The van der Waals surface area contributed by atoms with Gasteiger partial charge in [0.05, 0.1) is 51.3 Å². The summed E-state index contributed by atoms with van der Waals surface area (Å²) in [5, 5.41) is 36.5. The first-order valence-corrected chi connectivity index (χ1v) is 14.0. The molecule has 6 N–H and O–H groups in total. The van der Waals surface area contributed by atoms with Gasteiger partial charge < -0.3 is 30.2 Å². The van der Waals surface area contributed by atoms with E-state index in [0.29, 0.717) is 0 Å². The van der Waals surface area contributed by atoms with E-state index in [0.717, 1.165) is 19.6 Å². The summed E-state index contributed by atoms with van der Waals surface area (Å²) in [6.07, 6.45) is -2.59. The van der Waals surface area contributed by atoms with E-state index < -0.39 is 89.9 Å². The molecule has 196 valence electrons. The first-order chi connectivity index (χ1) is 15.6.